The molecule has 0 saturated carbocycles. The van der Waals surface area contributed by atoms with Crippen LogP contribution < -0.4 is 10.6 Å². The number of hydrogen-bond acceptors (Lipinski definition) is 3. The fourth-order valence-corrected chi connectivity index (χ4v) is 0.987. The molecule has 1 amide bonds. The van der Waals surface area contributed by atoms with E-state index in [0.717, 1.165) is 6.54 Å². The zero-order chi connectivity index (χ0) is 10.4. The Kier molecular flexibility index (Phi) is 4.35. The summed E-state index contributed by atoms with van der Waals surface area (Å²) in [6.07, 6.45) is 1.49. The number of rotatable bonds is 4. The van der Waals surface area contributed by atoms with E-state index >= 15 is 0 Å². The van der Waals surface area contributed by atoms with Gasteiger partial charge in [-0.25, -0.2) is 4.98 Å². The Hall–Kier alpha value is -1.13. The van der Waals surface area contributed by atoms with Gasteiger partial charge < -0.3 is 10.6 Å². The molecule has 0 bridgehead atoms. The predicted molar refractivity (Wildman–Crippen MR) is 56.4 cm³/mol. The van der Waals surface area contributed by atoms with Crippen molar-refractivity contribution in [1.29, 1.82) is 0 Å². The van der Waals surface area contributed by atoms with Crippen molar-refractivity contribution in [3.8, 4) is 0 Å². The van der Waals surface area contributed by atoms with E-state index in [1.165, 1.54) is 6.20 Å². The fraction of sp³-hybridized carbons (Fsp3) is 0.333. The molecule has 0 radical (unpaired) electrons. The maximum absolute atomic E-state index is 11.2. The predicted octanol–water partition coefficient (Wildman–Crippen LogP) is 1.28. The number of halogens is 1. The first-order valence-electron chi connectivity index (χ1n) is 4.34. The lowest BCUT2D eigenvalue weighted by molar-refractivity contribution is -0.115. The molecule has 1 aromatic heterocycles. The summed E-state index contributed by atoms with van der Waals surface area (Å²) in [6, 6.07) is 3.34. The van der Waals surface area contributed by atoms with Crippen LogP contribution in [-0.2, 0) is 4.79 Å². The normalized spacial score (nSPS) is 9.86. The Labute approximate surface area is 87.7 Å². The van der Waals surface area contributed by atoms with E-state index in [2.05, 4.69) is 15.6 Å². The van der Waals surface area contributed by atoms with Gasteiger partial charge in [0.25, 0.3) is 0 Å². The topological polar surface area (TPSA) is 54.0 Å². The van der Waals surface area contributed by atoms with Gasteiger partial charge in [-0.15, -0.1) is 0 Å². The molecule has 1 aromatic rings. The van der Waals surface area contributed by atoms with Crippen LogP contribution in [0.1, 0.15) is 6.92 Å². The molecular weight excluding hydrogens is 202 g/mol. The van der Waals surface area contributed by atoms with E-state index in [1.807, 2.05) is 6.92 Å². The van der Waals surface area contributed by atoms with E-state index in [1.54, 1.807) is 12.1 Å². The van der Waals surface area contributed by atoms with Gasteiger partial charge in [-0.2, -0.15) is 0 Å². The monoisotopic (exact) mass is 213 g/mol. The fourth-order valence-electron chi connectivity index (χ4n) is 0.875. The average Bonchev–Trinajstić information content (AvgIpc) is 2.18. The van der Waals surface area contributed by atoms with Gasteiger partial charge in [-0.05, 0) is 18.7 Å². The highest BCUT2D eigenvalue weighted by molar-refractivity contribution is 6.30. The molecule has 4 nitrogen and oxygen atoms in total. The number of pyridine rings is 1. The highest BCUT2D eigenvalue weighted by Gasteiger charge is 2.01. The van der Waals surface area contributed by atoms with Gasteiger partial charge in [0.2, 0.25) is 5.91 Å². The van der Waals surface area contributed by atoms with Crippen LogP contribution in [0.2, 0.25) is 5.02 Å². The van der Waals surface area contributed by atoms with Crippen molar-refractivity contribution in [2.24, 2.45) is 0 Å². The molecule has 2 N–H and O–H groups in total. The summed E-state index contributed by atoms with van der Waals surface area (Å²) < 4.78 is 0. The molecule has 0 spiro atoms. The van der Waals surface area contributed by atoms with Crippen LogP contribution in [0.25, 0.3) is 0 Å². The Morgan fingerprint density at radius 1 is 1.57 bits per heavy atom. The minimum absolute atomic E-state index is 0.110. The van der Waals surface area contributed by atoms with Crippen molar-refractivity contribution in [3.63, 3.8) is 0 Å². The number of aromatic nitrogens is 1. The van der Waals surface area contributed by atoms with Crippen LogP contribution in [-0.4, -0.2) is 24.0 Å². The van der Waals surface area contributed by atoms with Gasteiger partial charge in [-0.3, -0.25) is 4.79 Å². The minimum atomic E-state index is -0.110. The van der Waals surface area contributed by atoms with Gasteiger partial charge in [0.05, 0.1) is 11.6 Å². The number of nitrogens with one attached hydrogen (secondary N) is 2. The first-order chi connectivity index (χ1) is 6.72. The first-order valence-corrected chi connectivity index (χ1v) is 4.72. The third kappa shape index (κ3) is 3.72. The van der Waals surface area contributed by atoms with Crippen molar-refractivity contribution in [2.75, 3.05) is 18.4 Å². The molecule has 0 aliphatic rings. The Bertz CT molecular complexity index is 299. The van der Waals surface area contributed by atoms with E-state index in [9.17, 15) is 4.79 Å². The standard InChI is InChI=1S/C9H12ClN3O/c1-2-11-6-9(14)13-8-4-3-7(10)5-12-8/h3-5,11H,2,6H2,1H3,(H,12,13,14). The average molecular weight is 214 g/mol. The Balaban J connectivity index is 2.44. The van der Waals surface area contributed by atoms with Crippen molar-refractivity contribution >= 4 is 23.3 Å². The van der Waals surface area contributed by atoms with Crippen molar-refractivity contribution in [3.05, 3.63) is 23.4 Å². The summed E-state index contributed by atoms with van der Waals surface area (Å²) in [5.41, 5.74) is 0. The third-order valence-corrected chi connectivity index (χ3v) is 1.75. The number of carbonyl (C=O) groups is 1. The van der Waals surface area contributed by atoms with Gasteiger partial charge >= 0.3 is 0 Å². The maximum atomic E-state index is 11.2. The lowest BCUT2D eigenvalue weighted by atomic mass is 10.4. The van der Waals surface area contributed by atoms with Crippen LogP contribution in [0.4, 0.5) is 5.82 Å². The minimum Gasteiger partial charge on any atom is -0.310 e. The summed E-state index contributed by atoms with van der Waals surface area (Å²) in [4.78, 5) is 15.1. The molecule has 1 rings (SSSR count). The third-order valence-electron chi connectivity index (χ3n) is 1.53. The smallest absolute Gasteiger partial charge is 0.239 e. The first kappa shape index (κ1) is 10.9. The van der Waals surface area contributed by atoms with Gasteiger partial charge in [0.15, 0.2) is 0 Å². The second-order valence-electron chi connectivity index (χ2n) is 2.69. The van der Waals surface area contributed by atoms with Crippen molar-refractivity contribution in [1.82, 2.24) is 10.3 Å². The van der Waals surface area contributed by atoms with Crippen LogP contribution >= 0.6 is 11.6 Å². The summed E-state index contributed by atoms with van der Waals surface area (Å²) in [7, 11) is 0. The number of carbonyl (C=O) groups excluding carboxylic acids is 1. The molecule has 5 heteroatoms. The molecule has 0 aromatic carbocycles. The number of anilines is 1. The number of nitrogens with zero attached hydrogens (tertiary/aromatic N) is 1. The molecule has 0 saturated heterocycles. The van der Waals surface area contributed by atoms with Crippen LogP contribution in [0, 0.1) is 0 Å². The van der Waals surface area contributed by atoms with Crippen LogP contribution in [0.5, 0.6) is 0 Å². The van der Waals surface area contributed by atoms with E-state index in [-0.39, 0.29) is 5.91 Å². The SMILES string of the molecule is CCNCC(=O)Nc1ccc(Cl)cn1. The molecule has 0 atom stereocenters. The van der Waals surface area contributed by atoms with Gasteiger partial charge in [0, 0.05) is 6.20 Å². The number of hydrogen-bond donors (Lipinski definition) is 2. The summed E-state index contributed by atoms with van der Waals surface area (Å²) >= 11 is 5.64. The van der Waals surface area contributed by atoms with Crippen LogP contribution in [0.15, 0.2) is 18.3 Å². The van der Waals surface area contributed by atoms with E-state index in [4.69, 9.17) is 11.6 Å². The van der Waals surface area contributed by atoms with Gasteiger partial charge in [-0.1, -0.05) is 18.5 Å². The quantitative estimate of drug-likeness (QED) is 0.793. The molecule has 14 heavy (non-hydrogen) atoms. The number of likely N-dealkylation sites (N-methyl/N-ethyl adjacent to an activating group) is 1. The van der Waals surface area contributed by atoms with Crippen molar-refractivity contribution < 1.29 is 4.79 Å². The zero-order valence-corrected chi connectivity index (χ0v) is 8.64. The lowest BCUT2D eigenvalue weighted by Crippen LogP contribution is -2.28. The second kappa shape index (κ2) is 5.57. The summed E-state index contributed by atoms with van der Waals surface area (Å²) in [5.74, 6) is 0.402. The molecule has 0 fully saturated rings. The molecule has 1 heterocycles. The van der Waals surface area contributed by atoms with E-state index in [0.29, 0.717) is 17.4 Å². The Morgan fingerprint density at radius 3 is 2.93 bits per heavy atom. The molecular formula is C9H12ClN3O. The molecule has 0 aliphatic heterocycles. The highest BCUT2D eigenvalue weighted by atomic mass is 35.5. The van der Waals surface area contributed by atoms with Crippen LogP contribution in [0.3, 0.4) is 0 Å². The second-order valence-corrected chi connectivity index (χ2v) is 3.13. The molecule has 0 unspecified atom stereocenters. The lowest BCUT2D eigenvalue weighted by Gasteiger charge is -2.03. The number of amides is 1. The largest absolute Gasteiger partial charge is 0.310 e. The molecule has 0 aliphatic carbocycles. The molecule has 76 valence electrons. The van der Waals surface area contributed by atoms with E-state index < -0.39 is 0 Å². The summed E-state index contributed by atoms with van der Waals surface area (Å²) in [5, 5.41) is 6.10. The zero-order valence-electron chi connectivity index (χ0n) is 7.88. The Morgan fingerprint density at radius 2 is 2.36 bits per heavy atom. The van der Waals surface area contributed by atoms with Crippen molar-refractivity contribution in [2.45, 2.75) is 6.92 Å². The van der Waals surface area contributed by atoms with Gasteiger partial charge in [0.1, 0.15) is 5.82 Å². The summed E-state index contributed by atoms with van der Waals surface area (Å²) in [6.45, 7) is 3.00. The highest BCUT2D eigenvalue weighted by Crippen LogP contribution is 2.08. The maximum Gasteiger partial charge on any atom is 0.239 e.